The van der Waals surface area contributed by atoms with Crippen LogP contribution in [0.5, 0.6) is 0 Å². The van der Waals surface area contributed by atoms with Gasteiger partial charge in [0.1, 0.15) is 17.6 Å². The molecule has 1 saturated heterocycles. The number of methoxy groups -OCH3 is 1. The number of carbonyl (C=O) groups is 2. The SMILES string of the molecule is COC(=O)c1c(C)[nH]c(C(=O)N2CCO[C@H](c3ccc(F)cc3)C2)c1C. The smallest absolute Gasteiger partial charge is 0.339 e. The van der Waals surface area contributed by atoms with Crippen LogP contribution in [0.1, 0.15) is 43.8 Å². The number of esters is 1. The maximum atomic E-state index is 13.1. The summed E-state index contributed by atoms with van der Waals surface area (Å²) in [6.07, 6.45) is -0.315. The number of aryl methyl sites for hydroxylation is 1. The van der Waals surface area contributed by atoms with E-state index < -0.39 is 5.97 Å². The van der Waals surface area contributed by atoms with E-state index in [9.17, 15) is 14.0 Å². The van der Waals surface area contributed by atoms with Crippen LogP contribution in [0.4, 0.5) is 4.39 Å². The number of hydrogen-bond donors (Lipinski definition) is 1. The largest absolute Gasteiger partial charge is 0.465 e. The Kier molecular flexibility index (Phi) is 5.08. The van der Waals surface area contributed by atoms with Gasteiger partial charge in [-0.3, -0.25) is 4.79 Å². The van der Waals surface area contributed by atoms with Crippen LogP contribution in [-0.4, -0.2) is 48.6 Å². The van der Waals surface area contributed by atoms with Crippen molar-refractivity contribution in [2.75, 3.05) is 26.8 Å². The molecule has 3 rings (SSSR count). The molecule has 26 heavy (non-hydrogen) atoms. The van der Waals surface area contributed by atoms with Crippen LogP contribution in [-0.2, 0) is 9.47 Å². The summed E-state index contributed by atoms with van der Waals surface area (Å²) in [4.78, 5) is 29.6. The lowest BCUT2D eigenvalue weighted by Crippen LogP contribution is -2.42. The molecule has 1 fully saturated rings. The molecule has 1 amide bonds. The van der Waals surface area contributed by atoms with E-state index in [1.807, 2.05) is 0 Å². The van der Waals surface area contributed by atoms with E-state index in [1.54, 1.807) is 30.9 Å². The van der Waals surface area contributed by atoms with Gasteiger partial charge in [-0.1, -0.05) is 12.1 Å². The van der Waals surface area contributed by atoms with Gasteiger partial charge < -0.3 is 19.4 Å². The first-order chi connectivity index (χ1) is 12.4. The van der Waals surface area contributed by atoms with Gasteiger partial charge >= 0.3 is 5.97 Å². The van der Waals surface area contributed by atoms with Gasteiger partial charge in [0.05, 0.1) is 25.8 Å². The number of nitrogens with one attached hydrogen (secondary N) is 1. The fourth-order valence-corrected chi connectivity index (χ4v) is 3.24. The van der Waals surface area contributed by atoms with E-state index in [-0.39, 0.29) is 17.8 Å². The van der Waals surface area contributed by atoms with Crippen molar-refractivity contribution in [1.82, 2.24) is 9.88 Å². The van der Waals surface area contributed by atoms with Crippen molar-refractivity contribution in [3.63, 3.8) is 0 Å². The molecule has 6 nitrogen and oxygen atoms in total. The molecule has 0 radical (unpaired) electrons. The number of nitrogens with zero attached hydrogens (tertiary/aromatic N) is 1. The highest BCUT2D eigenvalue weighted by atomic mass is 19.1. The summed E-state index contributed by atoms with van der Waals surface area (Å²) in [7, 11) is 1.31. The number of carbonyl (C=O) groups excluding carboxylic acids is 2. The van der Waals surface area contributed by atoms with E-state index in [4.69, 9.17) is 9.47 Å². The minimum atomic E-state index is -0.471. The third-order valence-corrected chi connectivity index (χ3v) is 4.64. The summed E-state index contributed by atoms with van der Waals surface area (Å²) < 4.78 is 23.6. The van der Waals surface area contributed by atoms with Crippen LogP contribution in [0.25, 0.3) is 0 Å². The van der Waals surface area contributed by atoms with Crippen molar-refractivity contribution >= 4 is 11.9 Å². The van der Waals surface area contributed by atoms with Gasteiger partial charge in [0, 0.05) is 12.2 Å². The molecule has 0 bridgehead atoms. The number of aromatic nitrogens is 1. The molecule has 1 aliphatic rings. The van der Waals surface area contributed by atoms with Crippen LogP contribution in [0, 0.1) is 19.7 Å². The minimum Gasteiger partial charge on any atom is -0.465 e. The Morgan fingerprint density at radius 1 is 1.27 bits per heavy atom. The first kappa shape index (κ1) is 18.1. The highest BCUT2D eigenvalue weighted by Crippen LogP contribution is 2.25. The molecule has 0 saturated carbocycles. The molecule has 0 spiro atoms. The predicted octanol–water partition coefficient (Wildman–Crippen LogP) is 2.77. The van der Waals surface area contributed by atoms with Gasteiger partial charge in [0.15, 0.2) is 0 Å². The average Bonchev–Trinajstić information content (AvgIpc) is 2.95. The van der Waals surface area contributed by atoms with Gasteiger partial charge in [-0.05, 0) is 37.1 Å². The second kappa shape index (κ2) is 7.29. The zero-order valence-corrected chi connectivity index (χ0v) is 15.0. The number of aromatic amines is 1. The van der Waals surface area contributed by atoms with Crippen molar-refractivity contribution in [2.45, 2.75) is 20.0 Å². The number of morpholine rings is 1. The monoisotopic (exact) mass is 360 g/mol. The maximum Gasteiger partial charge on any atom is 0.339 e. The maximum absolute atomic E-state index is 13.1. The van der Waals surface area contributed by atoms with E-state index in [0.29, 0.717) is 42.2 Å². The number of hydrogen-bond acceptors (Lipinski definition) is 4. The second-order valence-electron chi connectivity index (χ2n) is 6.28. The summed E-state index contributed by atoms with van der Waals surface area (Å²) in [6, 6.07) is 6.07. The summed E-state index contributed by atoms with van der Waals surface area (Å²) in [5, 5.41) is 0. The van der Waals surface area contributed by atoms with Crippen LogP contribution in [0.15, 0.2) is 24.3 Å². The fraction of sp³-hybridized carbons (Fsp3) is 0.368. The van der Waals surface area contributed by atoms with Gasteiger partial charge in [-0.15, -0.1) is 0 Å². The van der Waals surface area contributed by atoms with Crippen LogP contribution in [0.2, 0.25) is 0 Å². The van der Waals surface area contributed by atoms with E-state index in [2.05, 4.69) is 4.98 Å². The quantitative estimate of drug-likeness (QED) is 0.855. The minimum absolute atomic E-state index is 0.198. The molecule has 2 heterocycles. The molecule has 1 atom stereocenters. The lowest BCUT2D eigenvalue weighted by Gasteiger charge is -2.33. The lowest BCUT2D eigenvalue weighted by atomic mass is 10.1. The molecule has 7 heteroatoms. The summed E-state index contributed by atoms with van der Waals surface area (Å²) >= 11 is 0. The first-order valence-corrected chi connectivity index (χ1v) is 8.36. The molecule has 1 aromatic carbocycles. The summed E-state index contributed by atoms with van der Waals surface area (Å²) in [6.45, 7) is 4.64. The standard InChI is InChI=1S/C19H21FN2O4/c1-11-16(19(24)25-3)12(2)21-17(11)18(23)22-8-9-26-15(10-22)13-4-6-14(20)7-5-13/h4-7,15,21H,8-10H2,1-3H3/t15-/m0/s1. The summed E-state index contributed by atoms with van der Waals surface area (Å²) in [5.74, 6) is -0.983. The number of halogens is 1. The molecule has 2 aromatic rings. The van der Waals surface area contributed by atoms with Crippen molar-refractivity contribution in [1.29, 1.82) is 0 Å². The second-order valence-corrected chi connectivity index (χ2v) is 6.28. The van der Waals surface area contributed by atoms with Gasteiger partial charge in [0.2, 0.25) is 0 Å². The average molecular weight is 360 g/mol. The van der Waals surface area contributed by atoms with Crippen LogP contribution in [0.3, 0.4) is 0 Å². The topological polar surface area (TPSA) is 71.6 Å². The van der Waals surface area contributed by atoms with Crippen molar-refractivity contribution in [3.8, 4) is 0 Å². The Balaban J connectivity index is 1.82. The van der Waals surface area contributed by atoms with E-state index in [1.165, 1.54) is 19.2 Å². The molecule has 0 unspecified atom stereocenters. The van der Waals surface area contributed by atoms with Crippen LogP contribution >= 0.6 is 0 Å². The fourth-order valence-electron chi connectivity index (χ4n) is 3.24. The van der Waals surface area contributed by atoms with E-state index in [0.717, 1.165) is 5.56 Å². The summed E-state index contributed by atoms with van der Waals surface area (Å²) in [5.41, 5.74) is 2.76. The molecule has 1 N–H and O–H groups in total. The highest BCUT2D eigenvalue weighted by Gasteiger charge is 2.30. The predicted molar refractivity (Wildman–Crippen MR) is 92.6 cm³/mol. The Hall–Kier alpha value is -2.67. The highest BCUT2D eigenvalue weighted by molar-refractivity contribution is 6.00. The van der Waals surface area contributed by atoms with Crippen molar-refractivity contribution < 1.29 is 23.5 Å². The van der Waals surface area contributed by atoms with Crippen molar-refractivity contribution in [3.05, 3.63) is 58.2 Å². The molecule has 138 valence electrons. The number of amides is 1. The molecule has 0 aliphatic carbocycles. The van der Waals surface area contributed by atoms with Gasteiger partial charge in [-0.25, -0.2) is 9.18 Å². The first-order valence-electron chi connectivity index (χ1n) is 8.36. The Morgan fingerprint density at radius 2 is 1.96 bits per heavy atom. The Morgan fingerprint density at radius 3 is 2.62 bits per heavy atom. The van der Waals surface area contributed by atoms with Crippen LogP contribution < -0.4 is 0 Å². The van der Waals surface area contributed by atoms with E-state index >= 15 is 0 Å². The zero-order chi connectivity index (χ0) is 18.8. The molecule has 1 aromatic heterocycles. The number of benzene rings is 1. The van der Waals surface area contributed by atoms with Gasteiger partial charge in [-0.2, -0.15) is 0 Å². The molecule has 1 aliphatic heterocycles. The van der Waals surface area contributed by atoms with Crippen molar-refractivity contribution in [2.24, 2.45) is 0 Å². The zero-order valence-electron chi connectivity index (χ0n) is 15.0. The van der Waals surface area contributed by atoms with Gasteiger partial charge in [0.25, 0.3) is 5.91 Å². The third kappa shape index (κ3) is 3.35. The number of H-pyrrole nitrogens is 1. The lowest BCUT2D eigenvalue weighted by molar-refractivity contribution is -0.0230. The number of ether oxygens (including phenoxy) is 2. The normalized spacial score (nSPS) is 17.2. The number of rotatable bonds is 3. The molecular weight excluding hydrogens is 339 g/mol. The third-order valence-electron chi connectivity index (χ3n) is 4.64. The Bertz CT molecular complexity index is 829. The Labute approximate surface area is 150 Å². The molecular formula is C19H21FN2O4.